The molecule has 0 N–H and O–H groups in total. The summed E-state index contributed by atoms with van der Waals surface area (Å²) in [5.41, 5.74) is 11.7. The Hall–Kier alpha value is -4.68. The fourth-order valence-corrected chi connectivity index (χ4v) is 6.87. The second kappa shape index (κ2) is 9.89. The Morgan fingerprint density at radius 2 is 0.872 bits per heavy atom. The van der Waals surface area contributed by atoms with Crippen molar-refractivity contribution in [2.75, 3.05) is 0 Å². The van der Waals surface area contributed by atoms with E-state index in [1.54, 1.807) is 0 Å². The molecule has 0 aromatic heterocycles. The van der Waals surface area contributed by atoms with Crippen molar-refractivity contribution >= 4 is 0 Å². The van der Waals surface area contributed by atoms with Crippen molar-refractivity contribution in [2.24, 2.45) is 0 Å². The van der Waals surface area contributed by atoms with E-state index in [0.29, 0.717) is 0 Å². The molecule has 1 aliphatic rings. The van der Waals surface area contributed by atoms with Gasteiger partial charge in [-0.3, -0.25) is 0 Å². The topological polar surface area (TPSA) is 0 Å². The van der Waals surface area contributed by atoms with Gasteiger partial charge in [0.1, 0.15) is 0 Å². The smallest absolute Gasteiger partial charge is 0.0560 e. The van der Waals surface area contributed by atoms with Gasteiger partial charge in [0.05, 0.1) is 5.41 Å². The van der Waals surface area contributed by atoms with Gasteiger partial charge < -0.3 is 0 Å². The van der Waals surface area contributed by atoms with Crippen LogP contribution in [-0.2, 0) is 11.8 Å². The summed E-state index contributed by atoms with van der Waals surface area (Å²) in [4.78, 5) is 0. The lowest BCUT2D eigenvalue weighted by Crippen LogP contribution is -2.37. The summed E-state index contributed by atoms with van der Waals surface area (Å²) in [5, 5.41) is 0. The van der Waals surface area contributed by atoms with E-state index in [2.05, 4.69) is 164 Å². The molecule has 1 atom stereocenters. The van der Waals surface area contributed by atoms with Crippen molar-refractivity contribution in [2.45, 2.75) is 17.8 Å². The molecular formula is C39H30. The van der Waals surface area contributed by atoms with E-state index in [0.717, 1.165) is 6.42 Å². The maximum absolute atomic E-state index is 2.38. The lowest BCUT2D eigenvalue weighted by molar-refractivity contribution is 0.538. The van der Waals surface area contributed by atoms with Gasteiger partial charge in [0.15, 0.2) is 0 Å². The summed E-state index contributed by atoms with van der Waals surface area (Å²) in [6.45, 7) is 0. The van der Waals surface area contributed by atoms with Crippen LogP contribution in [-0.4, -0.2) is 0 Å². The summed E-state index contributed by atoms with van der Waals surface area (Å²) in [5.74, 6) is 0.0343. The Bertz CT molecular complexity index is 1600. The molecule has 0 saturated heterocycles. The zero-order valence-electron chi connectivity index (χ0n) is 21.9. The quantitative estimate of drug-likeness (QED) is 0.200. The van der Waals surface area contributed by atoms with Gasteiger partial charge in [-0.1, -0.05) is 164 Å². The molecule has 1 aliphatic carbocycles. The molecule has 186 valence electrons. The van der Waals surface area contributed by atoms with Crippen molar-refractivity contribution in [1.82, 2.24) is 0 Å². The van der Waals surface area contributed by atoms with Crippen LogP contribution in [0.2, 0.25) is 0 Å². The Labute approximate surface area is 231 Å². The normalized spacial score (nSPS) is 12.9. The van der Waals surface area contributed by atoms with Crippen LogP contribution in [0.5, 0.6) is 0 Å². The number of benzene rings is 6. The fourth-order valence-electron chi connectivity index (χ4n) is 6.87. The molecule has 0 nitrogen and oxygen atoms in total. The monoisotopic (exact) mass is 498 g/mol. The lowest BCUT2D eigenvalue weighted by Gasteiger charge is -2.44. The summed E-state index contributed by atoms with van der Waals surface area (Å²) in [6.07, 6.45) is 0.982. The van der Waals surface area contributed by atoms with Crippen LogP contribution in [0.4, 0.5) is 0 Å². The first-order valence-corrected chi connectivity index (χ1v) is 13.8. The molecule has 0 saturated carbocycles. The Balaban J connectivity index is 1.65. The van der Waals surface area contributed by atoms with Crippen LogP contribution >= 0.6 is 0 Å². The van der Waals surface area contributed by atoms with Gasteiger partial charge in [-0.2, -0.15) is 0 Å². The molecule has 0 heterocycles. The van der Waals surface area contributed by atoms with Gasteiger partial charge in [-0.05, 0) is 56.5 Å². The lowest BCUT2D eigenvalue weighted by atomic mass is 9.57. The van der Waals surface area contributed by atoms with Crippen molar-refractivity contribution < 1.29 is 0 Å². The summed E-state index contributed by atoms with van der Waals surface area (Å²) in [7, 11) is 0. The average molecular weight is 499 g/mol. The number of rotatable bonds is 6. The maximum Gasteiger partial charge on any atom is 0.0560 e. The summed E-state index contributed by atoms with van der Waals surface area (Å²) < 4.78 is 0. The molecule has 0 amide bonds. The molecule has 0 spiro atoms. The first-order chi connectivity index (χ1) is 19.4. The molecule has 0 heteroatoms. The molecule has 39 heavy (non-hydrogen) atoms. The van der Waals surface area contributed by atoms with Gasteiger partial charge >= 0.3 is 0 Å². The minimum atomic E-state index is -0.461. The molecule has 0 radical (unpaired) electrons. The first kappa shape index (κ1) is 23.4. The summed E-state index contributed by atoms with van der Waals surface area (Å²) in [6, 6.07) is 60.4. The Kier molecular flexibility index (Phi) is 5.94. The van der Waals surface area contributed by atoms with Crippen LogP contribution in [0.3, 0.4) is 0 Å². The standard InChI is InChI=1S/C39H30/c1-5-16-29(17-6-1)38(36-27-15-19-31-28-30-18-13-14-26-35(30)37(31)36)39(32-20-7-2-8-21-32,33-22-9-3-10-23-33)34-24-11-4-12-25-34/h1-27,38H,28H2/t38-/m0/s1. The van der Waals surface area contributed by atoms with Crippen LogP contribution < -0.4 is 0 Å². The van der Waals surface area contributed by atoms with Crippen molar-refractivity contribution in [3.8, 4) is 11.1 Å². The predicted molar refractivity (Wildman–Crippen MR) is 162 cm³/mol. The third-order valence-corrected chi connectivity index (χ3v) is 8.41. The van der Waals surface area contributed by atoms with E-state index in [1.807, 2.05) is 0 Å². The van der Waals surface area contributed by atoms with E-state index < -0.39 is 5.41 Å². The number of hydrogen-bond acceptors (Lipinski definition) is 0. The van der Waals surface area contributed by atoms with Gasteiger partial charge in [0.2, 0.25) is 0 Å². The first-order valence-electron chi connectivity index (χ1n) is 13.8. The Morgan fingerprint density at radius 3 is 1.44 bits per heavy atom. The zero-order valence-corrected chi connectivity index (χ0v) is 21.9. The molecular weight excluding hydrogens is 468 g/mol. The highest BCUT2D eigenvalue weighted by molar-refractivity contribution is 5.81. The molecule has 0 fully saturated rings. The van der Waals surface area contributed by atoms with Crippen LogP contribution in [0, 0.1) is 0 Å². The second-order valence-electron chi connectivity index (χ2n) is 10.5. The Morgan fingerprint density at radius 1 is 0.410 bits per heavy atom. The van der Waals surface area contributed by atoms with E-state index >= 15 is 0 Å². The van der Waals surface area contributed by atoms with E-state index in [1.165, 1.54) is 50.1 Å². The fraction of sp³-hybridized carbons (Fsp3) is 0.0769. The van der Waals surface area contributed by atoms with Crippen molar-refractivity contribution in [1.29, 1.82) is 0 Å². The average Bonchev–Trinajstić information content (AvgIpc) is 3.41. The van der Waals surface area contributed by atoms with E-state index in [-0.39, 0.29) is 5.92 Å². The zero-order chi connectivity index (χ0) is 26.1. The van der Waals surface area contributed by atoms with Crippen molar-refractivity contribution in [3.63, 3.8) is 0 Å². The van der Waals surface area contributed by atoms with Gasteiger partial charge in [0.25, 0.3) is 0 Å². The molecule has 6 aromatic carbocycles. The molecule has 0 bridgehead atoms. The van der Waals surface area contributed by atoms with Crippen LogP contribution in [0.1, 0.15) is 44.9 Å². The maximum atomic E-state index is 2.38. The van der Waals surface area contributed by atoms with Crippen LogP contribution in [0.15, 0.2) is 164 Å². The minimum Gasteiger partial charge on any atom is -0.0622 e. The third-order valence-electron chi connectivity index (χ3n) is 8.41. The molecule has 0 unspecified atom stereocenters. The molecule has 0 aliphatic heterocycles. The highest BCUT2D eigenvalue weighted by atomic mass is 14.5. The van der Waals surface area contributed by atoms with Crippen LogP contribution in [0.25, 0.3) is 11.1 Å². The number of fused-ring (bicyclic) bond motifs is 3. The third kappa shape index (κ3) is 3.83. The second-order valence-corrected chi connectivity index (χ2v) is 10.5. The molecule has 6 aromatic rings. The highest BCUT2D eigenvalue weighted by Gasteiger charge is 2.46. The van der Waals surface area contributed by atoms with E-state index in [4.69, 9.17) is 0 Å². The van der Waals surface area contributed by atoms with Crippen molar-refractivity contribution in [3.05, 3.63) is 203 Å². The minimum absolute atomic E-state index is 0.0343. The van der Waals surface area contributed by atoms with Gasteiger partial charge in [-0.25, -0.2) is 0 Å². The highest BCUT2D eigenvalue weighted by Crippen LogP contribution is 2.55. The van der Waals surface area contributed by atoms with Gasteiger partial charge in [0, 0.05) is 5.92 Å². The van der Waals surface area contributed by atoms with E-state index in [9.17, 15) is 0 Å². The van der Waals surface area contributed by atoms with Gasteiger partial charge in [-0.15, -0.1) is 0 Å². The largest absolute Gasteiger partial charge is 0.0622 e. The predicted octanol–water partition coefficient (Wildman–Crippen LogP) is 9.42. The SMILES string of the molecule is c1ccc([C@@H](c2cccc3c2-c2ccccc2C3)C(c2ccccc2)(c2ccccc2)c2ccccc2)cc1. The number of hydrogen-bond donors (Lipinski definition) is 0. The molecule has 7 rings (SSSR count). The summed E-state index contributed by atoms with van der Waals surface area (Å²) >= 11 is 0.